The molecule has 2 aromatic carbocycles. The number of halogens is 1. The van der Waals surface area contributed by atoms with Crippen LogP contribution < -0.4 is 4.74 Å². The number of ether oxygens (including phenoxy) is 2. The Morgan fingerprint density at radius 3 is 2.62 bits per heavy atom. The van der Waals surface area contributed by atoms with Crippen LogP contribution in [0, 0.1) is 0 Å². The van der Waals surface area contributed by atoms with Crippen LogP contribution >= 0.6 is 11.6 Å². The van der Waals surface area contributed by atoms with Gasteiger partial charge in [-0.2, -0.15) is 5.10 Å². The van der Waals surface area contributed by atoms with Gasteiger partial charge in [-0.05, 0) is 24.3 Å². The number of rotatable bonds is 6. The zero-order valence-corrected chi connectivity index (χ0v) is 16.2. The molecule has 0 saturated heterocycles. The molecule has 0 spiro atoms. The van der Waals surface area contributed by atoms with E-state index in [2.05, 4.69) is 10.3 Å². The third kappa shape index (κ3) is 4.14. The van der Waals surface area contributed by atoms with Crippen molar-refractivity contribution >= 4 is 17.6 Å². The van der Waals surface area contributed by atoms with E-state index in [4.69, 9.17) is 25.6 Å². The fourth-order valence-electron chi connectivity index (χ4n) is 2.70. The van der Waals surface area contributed by atoms with Crippen molar-refractivity contribution in [2.75, 3.05) is 7.11 Å². The second-order valence-electron chi connectivity index (χ2n) is 6.09. The molecule has 0 radical (unpaired) electrons. The maximum atomic E-state index is 12.5. The molecule has 4 aromatic rings. The summed E-state index contributed by atoms with van der Waals surface area (Å²) in [6, 6.07) is 18.3. The monoisotopic (exact) mass is 409 g/mol. The van der Waals surface area contributed by atoms with E-state index in [1.165, 1.54) is 7.11 Å². The molecule has 146 valence electrons. The van der Waals surface area contributed by atoms with Gasteiger partial charge in [0.2, 0.25) is 5.69 Å². The molecular formula is C21H16ClN3O4. The highest BCUT2D eigenvalue weighted by Crippen LogP contribution is 2.23. The van der Waals surface area contributed by atoms with E-state index < -0.39 is 5.97 Å². The zero-order valence-electron chi connectivity index (χ0n) is 15.4. The van der Waals surface area contributed by atoms with E-state index in [0.29, 0.717) is 22.2 Å². The number of hydrogen-bond acceptors (Lipinski definition) is 6. The van der Waals surface area contributed by atoms with Crippen LogP contribution in [0.25, 0.3) is 16.9 Å². The molecule has 2 aromatic heterocycles. The van der Waals surface area contributed by atoms with Gasteiger partial charge in [-0.3, -0.25) is 0 Å². The Hall–Kier alpha value is -3.58. The highest BCUT2D eigenvalue weighted by atomic mass is 35.5. The summed E-state index contributed by atoms with van der Waals surface area (Å²) in [5.41, 5.74) is 2.35. The Balaban J connectivity index is 1.46. The minimum atomic E-state index is -0.624. The summed E-state index contributed by atoms with van der Waals surface area (Å²) >= 11 is 5.89. The summed E-state index contributed by atoms with van der Waals surface area (Å²) in [6.45, 7) is -0.0826. The second-order valence-corrected chi connectivity index (χ2v) is 6.52. The van der Waals surface area contributed by atoms with Gasteiger partial charge in [0.25, 0.3) is 0 Å². The number of methoxy groups -OCH3 is 1. The Morgan fingerprint density at radius 2 is 1.90 bits per heavy atom. The minimum Gasteiger partial charge on any atom is -0.493 e. The normalized spacial score (nSPS) is 10.7. The maximum Gasteiger partial charge on any atom is 0.363 e. The molecule has 29 heavy (non-hydrogen) atoms. The molecule has 0 atom stereocenters. The highest BCUT2D eigenvalue weighted by Gasteiger charge is 2.20. The zero-order chi connectivity index (χ0) is 20.2. The van der Waals surface area contributed by atoms with Crippen molar-refractivity contribution in [3.05, 3.63) is 83.3 Å². The predicted molar refractivity (Wildman–Crippen MR) is 106 cm³/mol. The van der Waals surface area contributed by atoms with Crippen molar-refractivity contribution in [3.8, 4) is 22.7 Å². The van der Waals surface area contributed by atoms with Crippen molar-refractivity contribution in [3.63, 3.8) is 0 Å². The molecule has 0 aliphatic rings. The lowest BCUT2D eigenvalue weighted by atomic mass is 10.1. The van der Waals surface area contributed by atoms with Gasteiger partial charge < -0.3 is 14.0 Å². The lowest BCUT2D eigenvalue weighted by Gasteiger charge is -2.01. The van der Waals surface area contributed by atoms with Crippen LogP contribution in [0.15, 0.2) is 71.4 Å². The average molecular weight is 410 g/mol. The van der Waals surface area contributed by atoms with E-state index in [9.17, 15) is 4.79 Å². The Bertz CT molecular complexity index is 1120. The fraction of sp³-hybridized carbons (Fsp3) is 0.0952. The van der Waals surface area contributed by atoms with Crippen LogP contribution in [0.1, 0.15) is 16.2 Å². The first-order valence-corrected chi connectivity index (χ1v) is 9.09. The molecular weight excluding hydrogens is 394 g/mol. The first-order valence-electron chi connectivity index (χ1n) is 8.72. The van der Waals surface area contributed by atoms with Gasteiger partial charge in [-0.15, -0.1) is 0 Å². The summed E-state index contributed by atoms with van der Waals surface area (Å²) < 4.78 is 17.4. The SMILES string of the molecule is COc1cn(-c2ccccc2)nc1C(=O)OCc1cc(-c2ccc(Cl)cc2)no1. The number of para-hydroxylation sites is 1. The number of nitrogens with zero attached hydrogens (tertiary/aromatic N) is 3. The highest BCUT2D eigenvalue weighted by molar-refractivity contribution is 6.30. The molecule has 2 heterocycles. The van der Waals surface area contributed by atoms with E-state index in [0.717, 1.165) is 11.3 Å². The van der Waals surface area contributed by atoms with Crippen LogP contribution in [-0.2, 0) is 11.3 Å². The standard InChI is InChI=1S/C21H16ClN3O4/c1-27-19-12-25(16-5-3-2-4-6-16)23-20(19)21(26)28-13-17-11-18(24-29-17)14-7-9-15(22)10-8-14/h2-12H,13H2,1H3. The topological polar surface area (TPSA) is 79.4 Å². The van der Waals surface area contributed by atoms with Crippen LogP contribution in [0.4, 0.5) is 0 Å². The number of carbonyl (C=O) groups is 1. The first kappa shape index (κ1) is 18.8. The lowest BCUT2D eigenvalue weighted by Crippen LogP contribution is -2.08. The molecule has 0 bridgehead atoms. The number of carbonyl (C=O) groups excluding carboxylic acids is 1. The molecule has 0 amide bonds. The van der Waals surface area contributed by atoms with E-state index >= 15 is 0 Å². The van der Waals surface area contributed by atoms with Gasteiger partial charge in [0, 0.05) is 16.7 Å². The van der Waals surface area contributed by atoms with E-state index in [1.807, 2.05) is 42.5 Å². The van der Waals surface area contributed by atoms with Crippen molar-refractivity contribution in [2.24, 2.45) is 0 Å². The van der Waals surface area contributed by atoms with Crippen LogP contribution in [0.5, 0.6) is 5.75 Å². The average Bonchev–Trinajstić information content (AvgIpc) is 3.40. The molecule has 7 nitrogen and oxygen atoms in total. The van der Waals surface area contributed by atoms with E-state index in [1.54, 1.807) is 29.1 Å². The summed E-state index contributed by atoms with van der Waals surface area (Å²) in [5.74, 6) is 0.101. The Kier molecular flexibility index (Phi) is 5.31. The molecule has 0 fully saturated rings. The van der Waals surface area contributed by atoms with Gasteiger partial charge in [-0.1, -0.05) is 47.1 Å². The van der Waals surface area contributed by atoms with Gasteiger partial charge in [-0.25, -0.2) is 9.48 Å². The van der Waals surface area contributed by atoms with Gasteiger partial charge >= 0.3 is 5.97 Å². The third-order valence-electron chi connectivity index (χ3n) is 4.16. The largest absolute Gasteiger partial charge is 0.493 e. The van der Waals surface area contributed by atoms with E-state index in [-0.39, 0.29) is 12.3 Å². The number of aromatic nitrogens is 3. The van der Waals surface area contributed by atoms with Crippen molar-refractivity contribution in [1.82, 2.24) is 14.9 Å². The molecule has 8 heteroatoms. The summed E-state index contributed by atoms with van der Waals surface area (Å²) in [6.07, 6.45) is 1.62. The van der Waals surface area contributed by atoms with Crippen molar-refractivity contribution in [2.45, 2.75) is 6.61 Å². The Morgan fingerprint density at radius 1 is 1.14 bits per heavy atom. The number of esters is 1. The second kappa shape index (κ2) is 8.20. The van der Waals surface area contributed by atoms with Gasteiger partial charge in [0.05, 0.1) is 19.0 Å². The molecule has 4 rings (SSSR count). The molecule has 0 N–H and O–H groups in total. The predicted octanol–water partition coefficient (Wildman–Crippen LogP) is 4.55. The first-order chi connectivity index (χ1) is 14.1. The summed E-state index contributed by atoms with van der Waals surface area (Å²) in [4.78, 5) is 12.5. The fourth-order valence-corrected chi connectivity index (χ4v) is 2.83. The molecule has 0 aliphatic heterocycles. The van der Waals surface area contributed by atoms with Crippen molar-refractivity contribution < 1.29 is 18.8 Å². The summed E-state index contributed by atoms with van der Waals surface area (Å²) in [5, 5.41) is 8.91. The van der Waals surface area contributed by atoms with Crippen LogP contribution in [0.3, 0.4) is 0 Å². The van der Waals surface area contributed by atoms with Gasteiger partial charge in [0.1, 0.15) is 5.69 Å². The lowest BCUT2D eigenvalue weighted by molar-refractivity contribution is 0.0426. The molecule has 0 unspecified atom stereocenters. The Labute approximate surface area is 171 Å². The summed E-state index contributed by atoms with van der Waals surface area (Å²) in [7, 11) is 1.47. The van der Waals surface area contributed by atoms with Gasteiger partial charge in [0.15, 0.2) is 18.1 Å². The number of benzene rings is 2. The molecule has 0 saturated carbocycles. The van der Waals surface area contributed by atoms with Crippen LogP contribution in [0.2, 0.25) is 5.02 Å². The smallest absolute Gasteiger partial charge is 0.363 e. The quantitative estimate of drug-likeness (QED) is 0.435. The molecule has 0 aliphatic carbocycles. The number of hydrogen-bond donors (Lipinski definition) is 0. The van der Waals surface area contributed by atoms with Crippen LogP contribution in [-0.4, -0.2) is 28.0 Å². The minimum absolute atomic E-state index is 0.0776. The maximum absolute atomic E-state index is 12.5. The third-order valence-corrected chi connectivity index (χ3v) is 4.41. The van der Waals surface area contributed by atoms with Crippen molar-refractivity contribution in [1.29, 1.82) is 0 Å².